The average molecular weight is 374 g/mol. The third-order valence-corrected chi connectivity index (χ3v) is 4.22. The molecule has 5 nitrogen and oxygen atoms in total. The zero-order valence-corrected chi connectivity index (χ0v) is 15.7. The van der Waals surface area contributed by atoms with Crippen LogP contribution in [0.4, 0.5) is 10.5 Å². The van der Waals surface area contributed by atoms with Gasteiger partial charge in [-0.1, -0.05) is 72.8 Å². The van der Waals surface area contributed by atoms with E-state index in [1.807, 2.05) is 60.7 Å². The van der Waals surface area contributed by atoms with Gasteiger partial charge in [-0.05, 0) is 23.3 Å². The first-order chi connectivity index (χ1) is 13.6. The van der Waals surface area contributed by atoms with Crippen molar-refractivity contribution in [1.29, 1.82) is 0 Å². The molecule has 0 aromatic heterocycles. The van der Waals surface area contributed by atoms with Crippen LogP contribution < -0.4 is 5.32 Å². The summed E-state index contributed by atoms with van der Waals surface area (Å²) in [7, 11) is 1.74. The molecule has 0 saturated carbocycles. The van der Waals surface area contributed by atoms with Gasteiger partial charge in [-0.2, -0.15) is 0 Å². The van der Waals surface area contributed by atoms with Crippen molar-refractivity contribution >= 4 is 17.7 Å². The fraction of sp³-hybridized carbons (Fsp3) is 0.130. The molecule has 142 valence electrons. The highest BCUT2D eigenvalue weighted by molar-refractivity contribution is 6.02. The van der Waals surface area contributed by atoms with E-state index >= 15 is 0 Å². The third-order valence-electron chi connectivity index (χ3n) is 4.22. The minimum Gasteiger partial charge on any atom is -0.444 e. The summed E-state index contributed by atoms with van der Waals surface area (Å²) in [4.78, 5) is 26.6. The second kappa shape index (κ2) is 9.37. The maximum Gasteiger partial charge on any atom is 0.411 e. The van der Waals surface area contributed by atoms with Crippen molar-refractivity contribution in [1.82, 2.24) is 4.90 Å². The van der Waals surface area contributed by atoms with E-state index in [9.17, 15) is 9.59 Å². The zero-order chi connectivity index (χ0) is 19.8. The lowest BCUT2D eigenvalue weighted by Crippen LogP contribution is -2.27. The van der Waals surface area contributed by atoms with E-state index in [0.717, 1.165) is 11.1 Å². The summed E-state index contributed by atoms with van der Waals surface area (Å²) in [6.45, 7) is 0.642. The Morgan fingerprint density at radius 3 is 2.07 bits per heavy atom. The van der Waals surface area contributed by atoms with E-state index in [1.54, 1.807) is 36.2 Å². The van der Waals surface area contributed by atoms with Crippen molar-refractivity contribution in [3.63, 3.8) is 0 Å². The molecule has 3 aromatic rings. The number of nitrogens with one attached hydrogen (secondary N) is 1. The molecular formula is C23H22N2O3. The summed E-state index contributed by atoms with van der Waals surface area (Å²) in [5.74, 6) is -0.178. The minimum atomic E-state index is -0.602. The molecule has 0 atom stereocenters. The highest BCUT2D eigenvalue weighted by atomic mass is 16.5. The van der Waals surface area contributed by atoms with Crippen LogP contribution >= 0.6 is 0 Å². The molecule has 2 amide bonds. The molecule has 28 heavy (non-hydrogen) atoms. The number of carbonyl (C=O) groups excluding carboxylic acids is 2. The number of carbonyl (C=O) groups is 2. The lowest BCUT2D eigenvalue weighted by molar-refractivity contribution is 0.0786. The molecule has 0 aliphatic carbocycles. The van der Waals surface area contributed by atoms with E-state index in [0.29, 0.717) is 17.8 Å². The summed E-state index contributed by atoms with van der Waals surface area (Å²) in [6, 6.07) is 26.1. The lowest BCUT2D eigenvalue weighted by atomic mass is 10.1. The standard InChI is InChI=1S/C23H22N2O3/c1-25(16-18-10-4-2-5-11-18)22(26)20-14-8-9-15-21(20)24-23(27)28-17-19-12-6-3-7-13-19/h2-15H,16-17H2,1H3,(H,24,27). The molecule has 0 heterocycles. The Balaban J connectivity index is 1.64. The number of hydrogen-bond acceptors (Lipinski definition) is 3. The fourth-order valence-electron chi connectivity index (χ4n) is 2.78. The zero-order valence-electron chi connectivity index (χ0n) is 15.7. The molecule has 0 spiro atoms. The number of nitrogens with zero attached hydrogens (tertiary/aromatic N) is 1. The van der Waals surface area contributed by atoms with Gasteiger partial charge in [0.2, 0.25) is 0 Å². The average Bonchev–Trinajstić information content (AvgIpc) is 2.73. The van der Waals surface area contributed by atoms with Crippen molar-refractivity contribution in [2.45, 2.75) is 13.2 Å². The Labute approximate surface area is 164 Å². The van der Waals surface area contributed by atoms with Crippen LogP contribution in [0.1, 0.15) is 21.5 Å². The Hall–Kier alpha value is -3.60. The first-order valence-electron chi connectivity index (χ1n) is 8.99. The van der Waals surface area contributed by atoms with Gasteiger partial charge in [0, 0.05) is 13.6 Å². The van der Waals surface area contributed by atoms with E-state index in [-0.39, 0.29) is 12.5 Å². The Kier molecular flexibility index (Phi) is 6.41. The Morgan fingerprint density at radius 2 is 1.39 bits per heavy atom. The number of para-hydroxylation sites is 1. The molecule has 0 radical (unpaired) electrons. The van der Waals surface area contributed by atoms with Crippen LogP contribution in [0, 0.1) is 0 Å². The molecule has 0 bridgehead atoms. The van der Waals surface area contributed by atoms with Crippen LogP contribution in [0.3, 0.4) is 0 Å². The van der Waals surface area contributed by atoms with Gasteiger partial charge in [-0.25, -0.2) is 4.79 Å². The van der Waals surface area contributed by atoms with Crippen LogP contribution in [-0.2, 0) is 17.9 Å². The summed E-state index contributed by atoms with van der Waals surface area (Å²) < 4.78 is 5.25. The maximum absolute atomic E-state index is 12.9. The highest BCUT2D eigenvalue weighted by Crippen LogP contribution is 2.18. The van der Waals surface area contributed by atoms with Crippen molar-refractivity contribution in [3.05, 3.63) is 102 Å². The van der Waals surface area contributed by atoms with E-state index in [1.165, 1.54) is 0 Å². The molecular weight excluding hydrogens is 352 g/mol. The van der Waals surface area contributed by atoms with Gasteiger partial charge >= 0.3 is 6.09 Å². The van der Waals surface area contributed by atoms with Crippen LogP contribution in [0.2, 0.25) is 0 Å². The quantitative estimate of drug-likeness (QED) is 0.680. The van der Waals surface area contributed by atoms with Gasteiger partial charge in [0.15, 0.2) is 0 Å². The number of hydrogen-bond donors (Lipinski definition) is 1. The normalized spacial score (nSPS) is 10.2. The Bertz CT molecular complexity index is 927. The molecule has 3 rings (SSSR count). The van der Waals surface area contributed by atoms with Gasteiger partial charge < -0.3 is 9.64 Å². The minimum absolute atomic E-state index is 0.163. The smallest absolute Gasteiger partial charge is 0.411 e. The predicted molar refractivity (Wildman–Crippen MR) is 109 cm³/mol. The van der Waals surface area contributed by atoms with Crippen molar-refractivity contribution in [3.8, 4) is 0 Å². The van der Waals surface area contributed by atoms with Crippen LogP contribution in [-0.4, -0.2) is 23.9 Å². The largest absolute Gasteiger partial charge is 0.444 e. The monoisotopic (exact) mass is 374 g/mol. The van der Waals surface area contributed by atoms with Gasteiger partial charge in [-0.15, -0.1) is 0 Å². The fourth-order valence-corrected chi connectivity index (χ4v) is 2.78. The van der Waals surface area contributed by atoms with Gasteiger partial charge in [-0.3, -0.25) is 10.1 Å². The Morgan fingerprint density at radius 1 is 0.821 bits per heavy atom. The SMILES string of the molecule is CN(Cc1ccccc1)C(=O)c1ccccc1NC(=O)OCc1ccccc1. The summed E-state index contributed by atoms with van der Waals surface area (Å²) >= 11 is 0. The van der Waals surface area contributed by atoms with Crippen molar-refractivity contribution in [2.24, 2.45) is 0 Å². The molecule has 1 N–H and O–H groups in total. The number of benzene rings is 3. The first-order valence-corrected chi connectivity index (χ1v) is 8.99. The summed E-state index contributed by atoms with van der Waals surface area (Å²) in [5.41, 5.74) is 2.76. The van der Waals surface area contributed by atoms with E-state index < -0.39 is 6.09 Å². The number of rotatable bonds is 6. The third kappa shape index (κ3) is 5.20. The van der Waals surface area contributed by atoms with E-state index in [2.05, 4.69) is 5.32 Å². The van der Waals surface area contributed by atoms with E-state index in [4.69, 9.17) is 4.74 Å². The molecule has 0 unspecified atom stereocenters. The molecule has 0 aliphatic heterocycles. The predicted octanol–water partition coefficient (Wildman–Crippen LogP) is 4.71. The lowest BCUT2D eigenvalue weighted by Gasteiger charge is -2.19. The second-order valence-electron chi connectivity index (χ2n) is 6.38. The number of amides is 2. The topological polar surface area (TPSA) is 58.6 Å². The second-order valence-corrected chi connectivity index (χ2v) is 6.38. The van der Waals surface area contributed by atoms with Crippen molar-refractivity contribution in [2.75, 3.05) is 12.4 Å². The van der Waals surface area contributed by atoms with Gasteiger partial charge in [0.1, 0.15) is 6.61 Å². The molecule has 0 fully saturated rings. The molecule has 0 saturated heterocycles. The van der Waals surface area contributed by atoms with Crippen LogP contribution in [0.5, 0.6) is 0 Å². The van der Waals surface area contributed by atoms with Crippen LogP contribution in [0.25, 0.3) is 0 Å². The van der Waals surface area contributed by atoms with Crippen LogP contribution in [0.15, 0.2) is 84.9 Å². The highest BCUT2D eigenvalue weighted by Gasteiger charge is 2.17. The first kappa shape index (κ1) is 19.2. The molecule has 5 heteroatoms. The van der Waals surface area contributed by atoms with Gasteiger partial charge in [0.05, 0.1) is 11.3 Å². The molecule has 0 aliphatic rings. The maximum atomic E-state index is 12.9. The van der Waals surface area contributed by atoms with Crippen molar-refractivity contribution < 1.29 is 14.3 Å². The summed E-state index contributed by atoms with van der Waals surface area (Å²) in [5, 5.41) is 2.67. The number of ether oxygens (including phenoxy) is 1. The number of anilines is 1. The molecule has 3 aromatic carbocycles. The van der Waals surface area contributed by atoms with Gasteiger partial charge in [0.25, 0.3) is 5.91 Å². The summed E-state index contributed by atoms with van der Waals surface area (Å²) in [6.07, 6.45) is -0.602.